The van der Waals surface area contributed by atoms with Crippen LogP contribution in [-0.4, -0.2) is 19.0 Å². The number of fused-ring (bicyclic) bond motifs is 1. The van der Waals surface area contributed by atoms with Crippen molar-refractivity contribution in [2.45, 2.75) is 64.5 Å². The van der Waals surface area contributed by atoms with Crippen molar-refractivity contribution in [2.75, 3.05) is 12.4 Å². The molecular formula is C20H29N2O2-. The van der Waals surface area contributed by atoms with E-state index in [2.05, 4.69) is 17.2 Å². The molecule has 1 aliphatic heterocycles. The molecule has 0 radical (unpaired) electrons. The zero-order chi connectivity index (χ0) is 16.9. The topological polar surface area (TPSA) is 56.7 Å². The monoisotopic (exact) mass is 329 g/mol. The van der Waals surface area contributed by atoms with E-state index >= 15 is 0 Å². The fourth-order valence-electron chi connectivity index (χ4n) is 4.02. The van der Waals surface area contributed by atoms with Crippen molar-refractivity contribution in [3.63, 3.8) is 0 Å². The third-order valence-corrected chi connectivity index (χ3v) is 5.60. The lowest BCUT2D eigenvalue weighted by Gasteiger charge is -2.32. The van der Waals surface area contributed by atoms with Crippen molar-refractivity contribution in [1.29, 1.82) is 0 Å². The minimum Gasteiger partial charge on any atom is -0.832 e. The van der Waals surface area contributed by atoms with Crippen molar-refractivity contribution in [1.82, 2.24) is 0 Å². The minimum absolute atomic E-state index is 0.738. The Balaban J connectivity index is 1.47. The Bertz CT molecular complexity index is 585. The maximum atomic E-state index is 12.3. The van der Waals surface area contributed by atoms with Crippen LogP contribution >= 0.6 is 0 Å². The summed E-state index contributed by atoms with van der Waals surface area (Å²) in [6, 6.07) is 5.63. The highest BCUT2D eigenvalue weighted by Crippen LogP contribution is 2.35. The van der Waals surface area contributed by atoms with Crippen molar-refractivity contribution >= 4 is 17.1 Å². The van der Waals surface area contributed by atoms with Crippen LogP contribution in [0.5, 0.6) is 5.75 Å². The van der Waals surface area contributed by atoms with Gasteiger partial charge in [0.15, 0.2) is 0 Å². The lowest BCUT2D eigenvalue weighted by molar-refractivity contribution is -0.386. The van der Waals surface area contributed by atoms with E-state index in [1.807, 2.05) is 18.2 Å². The number of rotatable bonds is 7. The molecule has 1 aromatic rings. The number of nitrogens with one attached hydrogen (secondary N) is 1. The summed E-state index contributed by atoms with van der Waals surface area (Å²) in [4.78, 5) is 4.58. The van der Waals surface area contributed by atoms with Gasteiger partial charge in [-0.1, -0.05) is 45.4 Å². The fourth-order valence-corrected chi connectivity index (χ4v) is 4.02. The van der Waals surface area contributed by atoms with Gasteiger partial charge in [0.2, 0.25) is 0 Å². The molecule has 1 saturated carbocycles. The van der Waals surface area contributed by atoms with Gasteiger partial charge < -0.3 is 15.2 Å². The standard InChI is InChI=1S/C20H29N2O2/c1-14-7-6-9-15(14)8-4-3-5-10-18-20(23)22-19-13-16(24-2)11-12-17(19)21-18/h11-15,20,22H,3-10H2,1-2H3/q-1/t14?,15-,20?/m1/s1. The largest absolute Gasteiger partial charge is 0.832 e. The molecule has 1 aliphatic carbocycles. The Kier molecular flexibility index (Phi) is 5.77. The van der Waals surface area contributed by atoms with Crippen LogP contribution in [0.2, 0.25) is 0 Å². The highest BCUT2D eigenvalue weighted by molar-refractivity contribution is 5.96. The number of aliphatic imine (C=N–C) groups is 1. The number of benzene rings is 1. The second-order valence-corrected chi connectivity index (χ2v) is 7.28. The molecule has 1 aromatic carbocycles. The zero-order valence-corrected chi connectivity index (χ0v) is 14.9. The van der Waals surface area contributed by atoms with E-state index < -0.39 is 6.23 Å². The van der Waals surface area contributed by atoms with Crippen molar-refractivity contribution in [2.24, 2.45) is 16.8 Å². The Labute approximate surface area is 145 Å². The predicted octanol–water partition coefficient (Wildman–Crippen LogP) is 4.27. The molecule has 1 heterocycles. The Hall–Kier alpha value is -1.55. The molecule has 1 fully saturated rings. The number of hydrogen-bond acceptors (Lipinski definition) is 4. The summed E-state index contributed by atoms with van der Waals surface area (Å²) in [5.41, 5.74) is 2.35. The summed E-state index contributed by atoms with van der Waals surface area (Å²) in [6.45, 7) is 2.40. The molecule has 3 rings (SSSR count). The van der Waals surface area contributed by atoms with E-state index in [0.717, 1.165) is 47.5 Å². The summed E-state index contributed by atoms with van der Waals surface area (Å²) in [7, 11) is 1.63. The first-order valence-electron chi connectivity index (χ1n) is 9.35. The molecule has 4 nitrogen and oxygen atoms in total. The van der Waals surface area contributed by atoms with Crippen LogP contribution in [0.4, 0.5) is 11.4 Å². The molecule has 0 saturated heterocycles. The predicted molar refractivity (Wildman–Crippen MR) is 97.1 cm³/mol. The summed E-state index contributed by atoms with van der Waals surface area (Å²) in [5.74, 6) is 2.59. The van der Waals surface area contributed by atoms with Gasteiger partial charge in [-0.25, -0.2) is 0 Å². The molecule has 132 valence electrons. The Morgan fingerprint density at radius 3 is 2.88 bits per heavy atom. The molecule has 4 heteroatoms. The number of hydrogen-bond donors (Lipinski definition) is 1. The molecule has 3 atom stereocenters. The quantitative estimate of drug-likeness (QED) is 0.760. The van der Waals surface area contributed by atoms with Crippen LogP contribution in [0, 0.1) is 11.8 Å². The van der Waals surface area contributed by atoms with Gasteiger partial charge in [0.25, 0.3) is 0 Å². The molecule has 2 unspecified atom stereocenters. The summed E-state index contributed by atoms with van der Waals surface area (Å²) < 4.78 is 5.19. The van der Waals surface area contributed by atoms with Gasteiger partial charge in [-0.05, 0) is 43.0 Å². The van der Waals surface area contributed by atoms with E-state index in [0.29, 0.717) is 0 Å². The minimum atomic E-state index is -0.931. The second-order valence-electron chi connectivity index (χ2n) is 7.28. The number of unbranched alkanes of at least 4 members (excludes halogenated alkanes) is 2. The highest BCUT2D eigenvalue weighted by atomic mass is 16.5. The van der Waals surface area contributed by atoms with Gasteiger partial charge in [-0.3, -0.25) is 4.99 Å². The van der Waals surface area contributed by atoms with Crippen molar-refractivity contribution in [3.8, 4) is 5.75 Å². The molecule has 24 heavy (non-hydrogen) atoms. The number of nitrogens with zero attached hydrogens (tertiary/aromatic N) is 1. The molecule has 0 bridgehead atoms. The van der Waals surface area contributed by atoms with Gasteiger partial charge in [0, 0.05) is 11.8 Å². The normalized spacial score (nSPS) is 25.8. The maximum absolute atomic E-state index is 12.3. The first-order valence-corrected chi connectivity index (χ1v) is 9.35. The highest BCUT2D eigenvalue weighted by Gasteiger charge is 2.22. The van der Waals surface area contributed by atoms with Crippen molar-refractivity contribution < 1.29 is 9.84 Å². The Morgan fingerprint density at radius 2 is 2.12 bits per heavy atom. The SMILES string of the molecule is COc1ccc2c(c1)NC([O-])C(CCCCC[C@@H]1CCCC1C)=N2. The molecule has 2 aliphatic rings. The van der Waals surface area contributed by atoms with Gasteiger partial charge in [0.05, 0.1) is 18.5 Å². The number of anilines is 1. The van der Waals surface area contributed by atoms with Gasteiger partial charge in [-0.2, -0.15) is 0 Å². The van der Waals surface area contributed by atoms with E-state index in [1.165, 1.54) is 38.5 Å². The summed E-state index contributed by atoms with van der Waals surface area (Å²) >= 11 is 0. The average molecular weight is 329 g/mol. The maximum Gasteiger partial charge on any atom is 0.121 e. The second kappa shape index (κ2) is 8.02. The summed E-state index contributed by atoms with van der Waals surface area (Å²) in [6.07, 6.45) is 9.01. The third kappa shape index (κ3) is 4.10. The van der Waals surface area contributed by atoms with E-state index in [4.69, 9.17) is 4.74 Å². The van der Waals surface area contributed by atoms with Gasteiger partial charge >= 0.3 is 0 Å². The van der Waals surface area contributed by atoms with E-state index in [-0.39, 0.29) is 0 Å². The lowest BCUT2D eigenvalue weighted by atomic mass is 9.92. The van der Waals surface area contributed by atoms with Gasteiger partial charge in [-0.15, -0.1) is 0 Å². The molecular weight excluding hydrogens is 300 g/mol. The molecule has 0 aromatic heterocycles. The molecule has 0 amide bonds. The van der Waals surface area contributed by atoms with Crippen LogP contribution in [0.25, 0.3) is 0 Å². The Morgan fingerprint density at radius 1 is 1.25 bits per heavy atom. The van der Waals surface area contributed by atoms with Crippen molar-refractivity contribution in [3.05, 3.63) is 18.2 Å². The van der Waals surface area contributed by atoms with Crippen LogP contribution in [0.1, 0.15) is 58.3 Å². The van der Waals surface area contributed by atoms with Crippen LogP contribution in [0.3, 0.4) is 0 Å². The lowest BCUT2D eigenvalue weighted by Crippen LogP contribution is -2.43. The van der Waals surface area contributed by atoms with E-state index in [1.54, 1.807) is 7.11 Å². The number of ether oxygens (including phenoxy) is 1. The summed E-state index contributed by atoms with van der Waals surface area (Å²) in [5, 5.41) is 15.3. The number of methoxy groups -OCH3 is 1. The average Bonchev–Trinajstić information content (AvgIpc) is 2.99. The van der Waals surface area contributed by atoms with Crippen LogP contribution < -0.4 is 15.2 Å². The van der Waals surface area contributed by atoms with Crippen LogP contribution in [-0.2, 0) is 0 Å². The fraction of sp³-hybridized carbons (Fsp3) is 0.650. The molecule has 1 N–H and O–H groups in total. The first kappa shape index (κ1) is 17.3. The smallest absolute Gasteiger partial charge is 0.121 e. The molecule has 0 spiro atoms. The third-order valence-electron chi connectivity index (χ3n) is 5.60. The van der Waals surface area contributed by atoms with E-state index in [9.17, 15) is 5.11 Å². The zero-order valence-electron chi connectivity index (χ0n) is 14.9. The van der Waals surface area contributed by atoms with Crippen LogP contribution in [0.15, 0.2) is 23.2 Å². The van der Waals surface area contributed by atoms with Gasteiger partial charge in [0.1, 0.15) is 5.75 Å². The first-order chi connectivity index (χ1) is 11.7.